The highest BCUT2D eigenvalue weighted by molar-refractivity contribution is 7.16. The normalized spacial score (nSPS) is 16.4. The molecule has 2 aromatic rings. The van der Waals surface area contributed by atoms with Crippen LogP contribution in [0.25, 0.3) is 0 Å². The van der Waals surface area contributed by atoms with Crippen LogP contribution in [0.4, 0.5) is 5.00 Å². The second kappa shape index (κ2) is 7.61. The summed E-state index contributed by atoms with van der Waals surface area (Å²) >= 11 is 1.60. The van der Waals surface area contributed by atoms with Gasteiger partial charge < -0.3 is 5.32 Å². The average Bonchev–Trinajstić information content (AvgIpc) is 3.03. The van der Waals surface area contributed by atoms with Crippen LogP contribution in [0.3, 0.4) is 0 Å². The van der Waals surface area contributed by atoms with Gasteiger partial charge in [-0.25, -0.2) is 0 Å². The van der Waals surface area contributed by atoms with E-state index in [1.165, 1.54) is 28.0 Å². The van der Waals surface area contributed by atoms with E-state index in [-0.39, 0.29) is 5.91 Å². The lowest BCUT2D eigenvalue weighted by Crippen LogP contribution is -2.33. The fourth-order valence-corrected chi connectivity index (χ4v) is 5.22. The van der Waals surface area contributed by atoms with E-state index in [9.17, 15) is 10.1 Å². The third-order valence-electron chi connectivity index (χ3n) is 5.40. The van der Waals surface area contributed by atoms with Gasteiger partial charge in [-0.1, -0.05) is 24.3 Å². The molecule has 1 aliphatic heterocycles. The number of thiophene rings is 1. The first-order valence-electron chi connectivity index (χ1n) is 9.38. The summed E-state index contributed by atoms with van der Waals surface area (Å²) in [4.78, 5) is 16.1. The smallest absolute Gasteiger partial charge is 0.226 e. The van der Waals surface area contributed by atoms with Crippen LogP contribution in [0.5, 0.6) is 0 Å². The van der Waals surface area contributed by atoms with E-state index in [1.54, 1.807) is 11.3 Å². The zero-order valence-corrected chi connectivity index (χ0v) is 15.7. The zero-order chi connectivity index (χ0) is 17.9. The highest BCUT2D eigenvalue weighted by Crippen LogP contribution is 2.37. The SMILES string of the molecule is N#Cc1c(NC(=O)CCN2CCc3ccccc3C2)sc2c1CCCC2. The second-order valence-electron chi connectivity index (χ2n) is 7.12. The molecule has 1 aromatic carbocycles. The predicted octanol–water partition coefficient (Wildman–Crippen LogP) is 3.89. The molecule has 4 nitrogen and oxygen atoms in total. The van der Waals surface area contributed by atoms with Gasteiger partial charge in [0.05, 0.1) is 5.56 Å². The summed E-state index contributed by atoms with van der Waals surface area (Å²) in [6.45, 7) is 2.67. The number of hydrogen-bond acceptors (Lipinski definition) is 4. The number of fused-ring (bicyclic) bond motifs is 2. The van der Waals surface area contributed by atoms with Crippen molar-refractivity contribution in [3.05, 3.63) is 51.4 Å². The van der Waals surface area contributed by atoms with Crippen LogP contribution in [0.15, 0.2) is 24.3 Å². The number of hydrogen-bond donors (Lipinski definition) is 1. The molecule has 26 heavy (non-hydrogen) atoms. The summed E-state index contributed by atoms with van der Waals surface area (Å²) in [5.74, 6) is 0.0129. The van der Waals surface area contributed by atoms with Crippen LogP contribution in [-0.2, 0) is 30.6 Å². The fraction of sp³-hybridized carbons (Fsp3) is 0.429. The molecule has 0 atom stereocenters. The van der Waals surface area contributed by atoms with Crippen molar-refractivity contribution >= 4 is 22.2 Å². The van der Waals surface area contributed by atoms with Gasteiger partial charge in [0.2, 0.25) is 5.91 Å². The monoisotopic (exact) mass is 365 g/mol. The molecule has 0 bridgehead atoms. The standard InChI is InChI=1S/C21H23N3OS/c22-13-18-17-7-3-4-8-19(17)26-21(18)23-20(25)10-12-24-11-9-15-5-1-2-6-16(15)14-24/h1-2,5-6H,3-4,7-12,14H2,(H,23,25). The Balaban J connectivity index is 1.35. The molecular weight excluding hydrogens is 342 g/mol. The highest BCUT2D eigenvalue weighted by Gasteiger charge is 2.22. The minimum atomic E-state index is 0.0129. The van der Waals surface area contributed by atoms with Crippen molar-refractivity contribution in [1.82, 2.24) is 4.90 Å². The van der Waals surface area contributed by atoms with Crippen molar-refractivity contribution in [2.24, 2.45) is 0 Å². The van der Waals surface area contributed by atoms with Crippen molar-refractivity contribution < 1.29 is 4.79 Å². The average molecular weight is 366 g/mol. The first-order chi connectivity index (χ1) is 12.7. The van der Waals surface area contributed by atoms with Gasteiger partial charge in [0, 0.05) is 30.9 Å². The summed E-state index contributed by atoms with van der Waals surface area (Å²) in [7, 11) is 0. The molecule has 4 rings (SSSR count). The number of carbonyl (C=O) groups excluding carboxylic acids is 1. The molecule has 1 aromatic heterocycles. The van der Waals surface area contributed by atoms with Crippen LogP contribution < -0.4 is 5.32 Å². The van der Waals surface area contributed by atoms with Crippen molar-refractivity contribution in [3.8, 4) is 6.07 Å². The zero-order valence-electron chi connectivity index (χ0n) is 14.9. The maximum absolute atomic E-state index is 12.4. The molecule has 2 heterocycles. The molecule has 134 valence electrons. The number of aryl methyl sites for hydroxylation is 1. The Labute approximate surface area is 158 Å². The van der Waals surface area contributed by atoms with E-state index >= 15 is 0 Å². The number of benzene rings is 1. The molecule has 0 saturated heterocycles. The van der Waals surface area contributed by atoms with Gasteiger partial charge in [0.1, 0.15) is 11.1 Å². The first kappa shape index (κ1) is 17.3. The third-order valence-corrected chi connectivity index (χ3v) is 6.61. The van der Waals surface area contributed by atoms with Gasteiger partial charge in [0.15, 0.2) is 0 Å². The van der Waals surface area contributed by atoms with E-state index in [1.807, 2.05) is 0 Å². The Kier molecular flexibility index (Phi) is 5.05. The van der Waals surface area contributed by atoms with Gasteiger partial charge in [-0.2, -0.15) is 5.26 Å². The van der Waals surface area contributed by atoms with E-state index < -0.39 is 0 Å². The molecule has 0 saturated carbocycles. The number of rotatable bonds is 4. The van der Waals surface area contributed by atoms with Crippen LogP contribution in [0.2, 0.25) is 0 Å². The number of nitrogens with zero attached hydrogens (tertiary/aromatic N) is 2. The molecule has 0 unspecified atom stereocenters. The molecular formula is C21H23N3OS. The van der Waals surface area contributed by atoms with E-state index in [2.05, 4.69) is 40.6 Å². The van der Waals surface area contributed by atoms with Crippen molar-refractivity contribution in [2.75, 3.05) is 18.4 Å². The molecule has 1 N–H and O–H groups in total. The summed E-state index contributed by atoms with van der Waals surface area (Å²) < 4.78 is 0. The van der Waals surface area contributed by atoms with Crippen molar-refractivity contribution in [2.45, 2.75) is 45.1 Å². The topological polar surface area (TPSA) is 56.1 Å². The van der Waals surface area contributed by atoms with Gasteiger partial charge >= 0.3 is 0 Å². The molecule has 1 aliphatic carbocycles. The summed E-state index contributed by atoms with van der Waals surface area (Å²) in [5, 5.41) is 13.3. The number of anilines is 1. The largest absolute Gasteiger partial charge is 0.317 e. The lowest BCUT2D eigenvalue weighted by Gasteiger charge is -2.28. The highest BCUT2D eigenvalue weighted by atomic mass is 32.1. The maximum Gasteiger partial charge on any atom is 0.226 e. The molecule has 5 heteroatoms. The van der Waals surface area contributed by atoms with Gasteiger partial charge in [-0.15, -0.1) is 11.3 Å². The molecule has 0 spiro atoms. The van der Waals surface area contributed by atoms with Gasteiger partial charge in [-0.05, 0) is 48.8 Å². The molecule has 0 fully saturated rings. The maximum atomic E-state index is 12.4. The lowest BCUT2D eigenvalue weighted by molar-refractivity contribution is -0.116. The van der Waals surface area contributed by atoms with Gasteiger partial charge in [0.25, 0.3) is 0 Å². The number of nitrogens with one attached hydrogen (secondary N) is 1. The summed E-state index contributed by atoms with van der Waals surface area (Å²) in [5.41, 5.74) is 4.67. The van der Waals surface area contributed by atoms with Crippen molar-refractivity contribution in [1.29, 1.82) is 5.26 Å². The molecule has 0 radical (unpaired) electrons. The molecule has 2 aliphatic rings. The van der Waals surface area contributed by atoms with Crippen LogP contribution in [0, 0.1) is 11.3 Å². The summed E-state index contributed by atoms with van der Waals surface area (Å²) in [6.07, 6.45) is 5.85. The van der Waals surface area contributed by atoms with Crippen LogP contribution in [-0.4, -0.2) is 23.9 Å². The van der Waals surface area contributed by atoms with E-state index in [4.69, 9.17) is 0 Å². The number of carbonyl (C=O) groups is 1. The Morgan fingerprint density at radius 1 is 1.19 bits per heavy atom. The third kappa shape index (κ3) is 3.53. The van der Waals surface area contributed by atoms with Crippen LogP contribution in [0.1, 0.15) is 46.4 Å². The fourth-order valence-electron chi connectivity index (χ4n) is 3.97. The number of amides is 1. The van der Waals surface area contributed by atoms with Crippen LogP contribution >= 0.6 is 11.3 Å². The minimum absolute atomic E-state index is 0.0129. The Morgan fingerprint density at radius 3 is 2.85 bits per heavy atom. The lowest BCUT2D eigenvalue weighted by atomic mass is 9.96. The van der Waals surface area contributed by atoms with E-state index in [0.717, 1.165) is 50.3 Å². The van der Waals surface area contributed by atoms with Crippen molar-refractivity contribution in [3.63, 3.8) is 0 Å². The number of nitriles is 1. The predicted molar refractivity (Wildman–Crippen MR) is 104 cm³/mol. The first-order valence-corrected chi connectivity index (χ1v) is 10.2. The second-order valence-corrected chi connectivity index (χ2v) is 8.23. The molecule has 1 amide bonds. The minimum Gasteiger partial charge on any atom is -0.317 e. The Bertz CT molecular complexity index is 865. The van der Waals surface area contributed by atoms with E-state index in [0.29, 0.717) is 12.0 Å². The Morgan fingerprint density at radius 2 is 2.00 bits per heavy atom. The quantitative estimate of drug-likeness (QED) is 0.894. The van der Waals surface area contributed by atoms with Gasteiger partial charge in [-0.3, -0.25) is 9.69 Å². The summed E-state index contributed by atoms with van der Waals surface area (Å²) in [6, 6.07) is 10.9. The Hall–Kier alpha value is -2.16.